The van der Waals surface area contributed by atoms with Crippen LogP contribution in [-0.4, -0.2) is 33.2 Å². The predicted molar refractivity (Wildman–Crippen MR) is 81.7 cm³/mol. The first-order chi connectivity index (χ1) is 10.4. The van der Waals surface area contributed by atoms with Crippen molar-refractivity contribution in [2.24, 2.45) is 0 Å². The van der Waals surface area contributed by atoms with Crippen molar-refractivity contribution >= 4 is 26.7 Å². The summed E-state index contributed by atoms with van der Waals surface area (Å²) in [6.45, 7) is 1.79. The minimum atomic E-state index is -3.21. The molecule has 2 aromatic rings. The predicted octanol–water partition coefficient (Wildman–Crippen LogP) is 1.79. The number of hydrogen-bond donors (Lipinski definition) is 1. The molecule has 0 aliphatic carbocycles. The molecule has 1 unspecified atom stereocenters. The Kier molecular flexibility index (Phi) is 3.44. The zero-order valence-electron chi connectivity index (χ0n) is 12.1. The van der Waals surface area contributed by atoms with Gasteiger partial charge in [0.1, 0.15) is 11.3 Å². The van der Waals surface area contributed by atoms with Crippen molar-refractivity contribution in [2.45, 2.75) is 13.0 Å². The number of rotatable bonds is 3. The number of carbonyl (C=O) groups excluding carboxylic acids is 1. The molecule has 6 nitrogen and oxygen atoms in total. The Bertz CT molecular complexity index is 879. The number of ether oxygens (including phenoxy) is 1. The first-order valence-electron chi connectivity index (χ1n) is 6.68. The summed E-state index contributed by atoms with van der Waals surface area (Å²) in [4.78, 5) is 12.3. The maximum Gasteiger partial charge on any atom is 0.287 e. The molecule has 0 bridgehead atoms. The first kappa shape index (κ1) is 14.6. The number of aryl methyl sites for hydroxylation is 1. The van der Waals surface area contributed by atoms with E-state index in [1.807, 2.05) is 6.07 Å². The van der Waals surface area contributed by atoms with Gasteiger partial charge in [-0.15, -0.1) is 0 Å². The van der Waals surface area contributed by atoms with Gasteiger partial charge in [-0.3, -0.25) is 4.79 Å². The maximum absolute atomic E-state index is 12.3. The minimum Gasteiger partial charge on any atom is -0.497 e. The minimum absolute atomic E-state index is 0.119. The summed E-state index contributed by atoms with van der Waals surface area (Å²) in [5.41, 5.74) is 1.26. The summed E-state index contributed by atoms with van der Waals surface area (Å²) in [6, 6.07) is 4.79. The molecule has 116 valence electrons. The quantitative estimate of drug-likeness (QED) is 0.931. The summed E-state index contributed by atoms with van der Waals surface area (Å²) in [7, 11) is -1.66. The highest BCUT2D eigenvalue weighted by molar-refractivity contribution is 7.94. The number of methoxy groups -OCH3 is 1. The highest BCUT2D eigenvalue weighted by Gasteiger charge is 2.26. The third-order valence-corrected chi connectivity index (χ3v) is 4.99. The number of fused-ring (bicyclic) bond motifs is 1. The van der Waals surface area contributed by atoms with E-state index in [0.717, 1.165) is 10.8 Å². The molecule has 3 rings (SSSR count). The molecule has 1 N–H and O–H groups in total. The van der Waals surface area contributed by atoms with Gasteiger partial charge in [-0.2, -0.15) is 0 Å². The van der Waals surface area contributed by atoms with E-state index >= 15 is 0 Å². The van der Waals surface area contributed by atoms with E-state index in [1.54, 1.807) is 26.2 Å². The van der Waals surface area contributed by atoms with E-state index < -0.39 is 21.8 Å². The van der Waals surface area contributed by atoms with Crippen molar-refractivity contribution in [2.75, 3.05) is 12.9 Å². The second kappa shape index (κ2) is 5.17. The lowest BCUT2D eigenvalue weighted by Crippen LogP contribution is -2.35. The zero-order chi connectivity index (χ0) is 15.9. The summed E-state index contributed by atoms with van der Waals surface area (Å²) in [5.74, 6) is 0.268. The smallest absolute Gasteiger partial charge is 0.287 e. The molecule has 1 atom stereocenters. The Balaban J connectivity index is 1.88. The van der Waals surface area contributed by atoms with Crippen LogP contribution in [0.5, 0.6) is 5.75 Å². The second-order valence-electron chi connectivity index (χ2n) is 5.16. The zero-order valence-corrected chi connectivity index (χ0v) is 12.9. The Morgan fingerprint density at radius 2 is 2.18 bits per heavy atom. The molecule has 0 saturated heterocycles. The monoisotopic (exact) mass is 321 g/mol. The average Bonchev–Trinajstić information content (AvgIpc) is 2.98. The molecule has 1 amide bonds. The van der Waals surface area contributed by atoms with Gasteiger partial charge in [0.25, 0.3) is 5.91 Å². The van der Waals surface area contributed by atoms with E-state index in [2.05, 4.69) is 5.32 Å². The Morgan fingerprint density at radius 1 is 1.41 bits per heavy atom. The summed E-state index contributed by atoms with van der Waals surface area (Å²) in [6.07, 6.45) is 1.47. The Labute approximate surface area is 127 Å². The SMILES string of the molecule is COc1ccc2c(C)c(C(=O)NC3C=CS(=O)(=O)C3)oc2c1. The maximum atomic E-state index is 12.3. The van der Waals surface area contributed by atoms with Gasteiger partial charge in [0.2, 0.25) is 0 Å². The van der Waals surface area contributed by atoms with Crippen LogP contribution in [0.15, 0.2) is 34.1 Å². The lowest BCUT2D eigenvalue weighted by molar-refractivity contribution is 0.0921. The van der Waals surface area contributed by atoms with E-state index in [0.29, 0.717) is 16.9 Å². The van der Waals surface area contributed by atoms with Crippen molar-refractivity contribution in [3.8, 4) is 5.75 Å². The van der Waals surface area contributed by atoms with Crippen LogP contribution in [-0.2, 0) is 9.84 Å². The third kappa shape index (κ3) is 2.59. The average molecular weight is 321 g/mol. The topological polar surface area (TPSA) is 85.6 Å². The lowest BCUT2D eigenvalue weighted by atomic mass is 10.1. The van der Waals surface area contributed by atoms with E-state index in [4.69, 9.17) is 9.15 Å². The number of carbonyl (C=O) groups is 1. The van der Waals surface area contributed by atoms with Crippen molar-refractivity contribution < 1.29 is 22.4 Å². The molecule has 0 spiro atoms. The van der Waals surface area contributed by atoms with Gasteiger partial charge in [-0.1, -0.05) is 0 Å². The highest BCUT2D eigenvalue weighted by Crippen LogP contribution is 2.28. The number of amides is 1. The standard InChI is InChI=1S/C15H15NO5S/c1-9-12-4-3-11(20-2)7-13(12)21-14(9)15(17)16-10-5-6-22(18,19)8-10/h3-7,10H,8H2,1-2H3,(H,16,17). The molecule has 0 fully saturated rings. The Hall–Kier alpha value is -2.28. The molecule has 22 heavy (non-hydrogen) atoms. The fourth-order valence-electron chi connectivity index (χ4n) is 2.45. The fourth-order valence-corrected chi connectivity index (χ4v) is 3.68. The van der Waals surface area contributed by atoms with Gasteiger partial charge in [0, 0.05) is 22.4 Å². The highest BCUT2D eigenvalue weighted by atomic mass is 32.2. The fraction of sp³-hybridized carbons (Fsp3) is 0.267. The molecule has 1 aliphatic rings. The van der Waals surface area contributed by atoms with Crippen LogP contribution in [0.2, 0.25) is 0 Å². The second-order valence-corrected chi connectivity index (χ2v) is 7.09. The molecular formula is C15H15NO5S. The van der Waals surface area contributed by atoms with Crippen LogP contribution >= 0.6 is 0 Å². The van der Waals surface area contributed by atoms with Crippen LogP contribution < -0.4 is 10.1 Å². The number of sulfone groups is 1. The van der Waals surface area contributed by atoms with Gasteiger partial charge in [-0.25, -0.2) is 8.42 Å². The first-order valence-corrected chi connectivity index (χ1v) is 8.40. The van der Waals surface area contributed by atoms with Gasteiger partial charge >= 0.3 is 0 Å². The Morgan fingerprint density at radius 3 is 2.82 bits per heavy atom. The molecule has 0 radical (unpaired) electrons. The van der Waals surface area contributed by atoms with Crippen molar-refractivity contribution in [3.63, 3.8) is 0 Å². The number of furan rings is 1. The summed E-state index contributed by atoms with van der Waals surface area (Å²) in [5, 5.41) is 4.59. The normalized spacial score (nSPS) is 19.5. The molecule has 1 aliphatic heterocycles. The van der Waals surface area contributed by atoms with Gasteiger partial charge in [-0.05, 0) is 25.1 Å². The molecule has 1 aromatic carbocycles. The van der Waals surface area contributed by atoms with Gasteiger partial charge < -0.3 is 14.5 Å². The molecular weight excluding hydrogens is 306 g/mol. The number of nitrogens with one attached hydrogen (secondary N) is 1. The van der Waals surface area contributed by atoms with Crippen LogP contribution in [0, 0.1) is 6.92 Å². The van der Waals surface area contributed by atoms with E-state index in [1.165, 1.54) is 6.08 Å². The van der Waals surface area contributed by atoms with Crippen LogP contribution in [0.1, 0.15) is 16.1 Å². The van der Waals surface area contributed by atoms with E-state index in [-0.39, 0.29) is 11.5 Å². The molecule has 0 saturated carbocycles. The van der Waals surface area contributed by atoms with Crippen molar-refractivity contribution in [1.29, 1.82) is 0 Å². The summed E-state index contributed by atoms with van der Waals surface area (Å²) >= 11 is 0. The van der Waals surface area contributed by atoms with Gasteiger partial charge in [0.05, 0.1) is 18.9 Å². The van der Waals surface area contributed by atoms with Crippen molar-refractivity contribution in [3.05, 3.63) is 41.0 Å². The third-order valence-electron chi connectivity index (χ3n) is 3.60. The molecule has 7 heteroatoms. The molecule has 2 heterocycles. The summed E-state index contributed by atoms with van der Waals surface area (Å²) < 4.78 is 33.4. The van der Waals surface area contributed by atoms with Crippen LogP contribution in [0.4, 0.5) is 0 Å². The van der Waals surface area contributed by atoms with Gasteiger partial charge in [0.15, 0.2) is 15.6 Å². The van der Waals surface area contributed by atoms with Crippen molar-refractivity contribution in [1.82, 2.24) is 5.32 Å². The largest absolute Gasteiger partial charge is 0.497 e. The van der Waals surface area contributed by atoms with E-state index in [9.17, 15) is 13.2 Å². The number of hydrogen-bond acceptors (Lipinski definition) is 5. The number of benzene rings is 1. The van der Waals surface area contributed by atoms with Crippen LogP contribution in [0.3, 0.4) is 0 Å². The molecule has 1 aromatic heterocycles. The lowest BCUT2D eigenvalue weighted by Gasteiger charge is -2.08. The van der Waals surface area contributed by atoms with Crippen LogP contribution in [0.25, 0.3) is 11.0 Å².